The highest BCUT2D eigenvalue weighted by atomic mass is 19.1. The molecule has 1 aromatic carbocycles. The van der Waals surface area contributed by atoms with Gasteiger partial charge in [0.1, 0.15) is 11.6 Å². The van der Waals surface area contributed by atoms with Gasteiger partial charge in [-0.2, -0.15) is 0 Å². The number of benzene rings is 1. The number of hydrogen-bond donors (Lipinski definition) is 1. The van der Waals surface area contributed by atoms with E-state index in [2.05, 4.69) is 6.92 Å². The van der Waals surface area contributed by atoms with E-state index in [1.165, 1.54) is 18.9 Å². The number of rotatable bonds is 7. The van der Waals surface area contributed by atoms with Crippen molar-refractivity contribution in [3.05, 3.63) is 29.6 Å². The first-order chi connectivity index (χ1) is 8.20. The van der Waals surface area contributed by atoms with Crippen molar-refractivity contribution in [3.63, 3.8) is 0 Å². The summed E-state index contributed by atoms with van der Waals surface area (Å²) in [5, 5.41) is 0. The Morgan fingerprint density at radius 3 is 2.71 bits per heavy atom. The van der Waals surface area contributed by atoms with Crippen LogP contribution in [0.15, 0.2) is 18.2 Å². The Hall–Kier alpha value is -1.09. The smallest absolute Gasteiger partial charge is 0.131 e. The quantitative estimate of drug-likeness (QED) is 0.734. The highest BCUT2D eigenvalue weighted by molar-refractivity contribution is 5.36. The van der Waals surface area contributed by atoms with E-state index in [4.69, 9.17) is 10.5 Å². The molecule has 0 amide bonds. The number of halogens is 1. The van der Waals surface area contributed by atoms with Crippen LogP contribution in [0.2, 0.25) is 0 Å². The van der Waals surface area contributed by atoms with Crippen molar-refractivity contribution in [2.24, 2.45) is 5.73 Å². The molecule has 1 atom stereocenters. The van der Waals surface area contributed by atoms with E-state index >= 15 is 0 Å². The van der Waals surface area contributed by atoms with Crippen LogP contribution in [0, 0.1) is 5.82 Å². The Bertz CT molecular complexity index is 341. The van der Waals surface area contributed by atoms with E-state index in [0.717, 1.165) is 19.3 Å². The lowest BCUT2D eigenvalue weighted by Gasteiger charge is -2.16. The van der Waals surface area contributed by atoms with E-state index in [1.807, 2.05) is 0 Å². The Balaban J connectivity index is 2.64. The molecule has 0 aliphatic rings. The van der Waals surface area contributed by atoms with Crippen LogP contribution in [0.25, 0.3) is 0 Å². The van der Waals surface area contributed by atoms with Crippen LogP contribution in [-0.4, -0.2) is 7.11 Å². The summed E-state index contributed by atoms with van der Waals surface area (Å²) in [7, 11) is 1.54. The fraction of sp³-hybridized carbons (Fsp3) is 0.571. The van der Waals surface area contributed by atoms with Crippen LogP contribution in [0.3, 0.4) is 0 Å². The summed E-state index contributed by atoms with van der Waals surface area (Å²) in [6, 6.07) is 4.55. The molecule has 1 aromatic rings. The molecule has 0 spiro atoms. The van der Waals surface area contributed by atoms with E-state index < -0.39 is 0 Å². The van der Waals surface area contributed by atoms with Gasteiger partial charge >= 0.3 is 0 Å². The fourth-order valence-corrected chi connectivity index (χ4v) is 1.99. The first-order valence-electron chi connectivity index (χ1n) is 6.28. The predicted molar refractivity (Wildman–Crippen MR) is 68.6 cm³/mol. The van der Waals surface area contributed by atoms with Gasteiger partial charge in [-0.25, -0.2) is 4.39 Å². The molecular formula is C14H22FNO. The second kappa shape index (κ2) is 7.28. The molecule has 0 fully saturated rings. The van der Waals surface area contributed by atoms with Crippen LogP contribution in [-0.2, 0) is 0 Å². The number of nitrogens with two attached hydrogens (primary N) is 1. The third kappa shape index (κ3) is 4.00. The molecule has 0 aliphatic carbocycles. The average Bonchev–Trinajstić information content (AvgIpc) is 2.34. The molecule has 1 rings (SSSR count). The number of ether oxygens (including phenoxy) is 1. The summed E-state index contributed by atoms with van der Waals surface area (Å²) in [4.78, 5) is 0. The maximum Gasteiger partial charge on any atom is 0.131 e. The van der Waals surface area contributed by atoms with Gasteiger partial charge in [-0.15, -0.1) is 0 Å². The molecule has 17 heavy (non-hydrogen) atoms. The van der Waals surface area contributed by atoms with Gasteiger partial charge in [0.2, 0.25) is 0 Å². The third-order valence-electron chi connectivity index (χ3n) is 2.97. The van der Waals surface area contributed by atoms with Crippen molar-refractivity contribution < 1.29 is 9.13 Å². The Morgan fingerprint density at radius 1 is 1.29 bits per heavy atom. The molecule has 0 saturated heterocycles. The zero-order valence-electron chi connectivity index (χ0n) is 10.7. The lowest BCUT2D eigenvalue weighted by Crippen LogP contribution is -2.13. The maximum absolute atomic E-state index is 13.7. The minimum Gasteiger partial charge on any atom is -0.496 e. The molecular weight excluding hydrogens is 217 g/mol. The lowest BCUT2D eigenvalue weighted by molar-refractivity contribution is 0.395. The zero-order valence-corrected chi connectivity index (χ0v) is 10.7. The number of hydrogen-bond acceptors (Lipinski definition) is 2. The van der Waals surface area contributed by atoms with Gasteiger partial charge in [0.15, 0.2) is 0 Å². The normalized spacial score (nSPS) is 12.5. The Labute approximate surface area is 103 Å². The van der Waals surface area contributed by atoms with Crippen LogP contribution < -0.4 is 10.5 Å². The molecule has 1 unspecified atom stereocenters. The Morgan fingerprint density at radius 2 is 2.06 bits per heavy atom. The topological polar surface area (TPSA) is 35.2 Å². The van der Waals surface area contributed by atoms with Gasteiger partial charge in [0.25, 0.3) is 0 Å². The molecule has 2 nitrogen and oxygen atoms in total. The Kier molecular flexibility index (Phi) is 5.98. The van der Waals surface area contributed by atoms with Crippen LogP contribution >= 0.6 is 0 Å². The standard InChI is InChI=1S/C14H22FNO/c1-3-4-5-6-9-12(16)14-11(15)8-7-10-13(14)17-2/h7-8,10,12H,3-6,9,16H2,1-2H3. The maximum atomic E-state index is 13.7. The van der Waals surface area contributed by atoms with Gasteiger partial charge in [-0.3, -0.25) is 0 Å². The van der Waals surface area contributed by atoms with Crippen molar-refractivity contribution in [1.29, 1.82) is 0 Å². The van der Waals surface area contributed by atoms with Gasteiger partial charge < -0.3 is 10.5 Å². The molecule has 0 heterocycles. The van der Waals surface area contributed by atoms with Gasteiger partial charge in [0.05, 0.1) is 7.11 Å². The summed E-state index contributed by atoms with van der Waals surface area (Å²) >= 11 is 0. The summed E-state index contributed by atoms with van der Waals surface area (Å²) in [6.45, 7) is 2.17. The molecule has 2 N–H and O–H groups in total. The SMILES string of the molecule is CCCCCCC(N)c1c(F)cccc1OC. The molecule has 0 radical (unpaired) electrons. The second-order valence-electron chi connectivity index (χ2n) is 4.31. The first kappa shape index (κ1) is 14.0. The average molecular weight is 239 g/mol. The highest BCUT2D eigenvalue weighted by Gasteiger charge is 2.16. The highest BCUT2D eigenvalue weighted by Crippen LogP contribution is 2.29. The fourth-order valence-electron chi connectivity index (χ4n) is 1.99. The van der Waals surface area contributed by atoms with Crippen molar-refractivity contribution in [2.45, 2.75) is 45.1 Å². The van der Waals surface area contributed by atoms with Crippen LogP contribution in [0.4, 0.5) is 4.39 Å². The molecule has 96 valence electrons. The minimum atomic E-state index is -0.275. The van der Waals surface area contributed by atoms with Gasteiger partial charge in [0, 0.05) is 11.6 Å². The minimum absolute atomic E-state index is 0.271. The molecule has 0 saturated carbocycles. The van der Waals surface area contributed by atoms with Crippen LogP contribution in [0.1, 0.15) is 50.6 Å². The van der Waals surface area contributed by atoms with Crippen molar-refractivity contribution in [1.82, 2.24) is 0 Å². The van der Waals surface area contributed by atoms with E-state index in [9.17, 15) is 4.39 Å². The summed E-state index contributed by atoms with van der Waals surface area (Å²) in [5.74, 6) is 0.278. The van der Waals surface area contributed by atoms with Gasteiger partial charge in [-0.1, -0.05) is 38.7 Å². The zero-order chi connectivity index (χ0) is 12.7. The van der Waals surface area contributed by atoms with Crippen molar-refractivity contribution in [3.8, 4) is 5.75 Å². The number of unbranched alkanes of at least 4 members (excludes halogenated alkanes) is 3. The van der Waals surface area contributed by atoms with E-state index in [0.29, 0.717) is 11.3 Å². The molecule has 0 aromatic heterocycles. The van der Waals surface area contributed by atoms with E-state index in [-0.39, 0.29) is 11.9 Å². The third-order valence-corrected chi connectivity index (χ3v) is 2.97. The van der Waals surface area contributed by atoms with Crippen LogP contribution in [0.5, 0.6) is 5.75 Å². The monoisotopic (exact) mass is 239 g/mol. The van der Waals surface area contributed by atoms with E-state index in [1.54, 1.807) is 19.2 Å². The van der Waals surface area contributed by atoms with Crippen molar-refractivity contribution in [2.75, 3.05) is 7.11 Å². The molecule has 0 bridgehead atoms. The summed E-state index contributed by atoms with van der Waals surface area (Å²) in [6.07, 6.45) is 5.39. The predicted octanol–water partition coefficient (Wildman–Crippen LogP) is 3.80. The summed E-state index contributed by atoms with van der Waals surface area (Å²) < 4.78 is 18.9. The summed E-state index contributed by atoms with van der Waals surface area (Å²) in [5.41, 5.74) is 6.54. The lowest BCUT2D eigenvalue weighted by atomic mass is 9.99. The molecule has 0 aliphatic heterocycles. The molecule has 3 heteroatoms. The van der Waals surface area contributed by atoms with Crippen molar-refractivity contribution >= 4 is 0 Å². The largest absolute Gasteiger partial charge is 0.496 e. The second-order valence-corrected chi connectivity index (χ2v) is 4.31. The number of methoxy groups -OCH3 is 1. The van der Waals surface area contributed by atoms with Gasteiger partial charge in [-0.05, 0) is 18.6 Å². The first-order valence-corrected chi connectivity index (χ1v) is 6.28.